The van der Waals surface area contributed by atoms with Crippen LogP contribution in [-0.2, 0) is 17.8 Å². The summed E-state index contributed by atoms with van der Waals surface area (Å²) in [5.74, 6) is 0.967. The normalized spacial score (nSPS) is 18.7. The monoisotopic (exact) mass is 329 g/mol. The quantitative estimate of drug-likeness (QED) is 0.814. The topological polar surface area (TPSA) is 46.4 Å². The van der Waals surface area contributed by atoms with Crippen molar-refractivity contribution in [3.8, 4) is 0 Å². The first kappa shape index (κ1) is 16.9. The molecule has 1 atom stereocenters. The Bertz CT molecular complexity index is 654. The lowest BCUT2D eigenvalue weighted by molar-refractivity contribution is -0.0349. The maximum absolute atomic E-state index is 5.97. The van der Waals surface area contributed by atoms with Crippen molar-refractivity contribution in [3.05, 3.63) is 41.9 Å². The molecule has 0 bridgehead atoms. The summed E-state index contributed by atoms with van der Waals surface area (Å²) in [5, 5.41) is 4.42. The highest BCUT2D eigenvalue weighted by atomic mass is 16.5. The molecule has 0 saturated carbocycles. The van der Waals surface area contributed by atoms with E-state index in [1.165, 1.54) is 5.56 Å². The predicted molar refractivity (Wildman–Crippen MR) is 95.1 cm³/mol. The largest absolute Gasteiger partial charge is 0.369 e. The predicted octanol–water partition coefficient (Wildman–Crippen LogP) is 2.33. The van der Waals surface area contributed by atoms with E-state index in [9.17, 15) is 0 Å². The Morgan fingerprint density at radius 1 is 1.33 bits per heavy atom. The Morgan fingerprint density at radius 3 is 3.00 bits per heavy atom. The van der Waals surface area contributed by atoms with Crippen LogP contribution in [-0.4, -0.2) is 53.5 Å². The third kappa shape index (κ3) is 4.13. The first-order valence-electron chi connectivity index (χ1n) is 8.65. The maximum Gasteiger partial charge on any atom is 0.128 e. The molecule has 130 valence electrons. The molecule has 1 aliphatic heterocycles. The number of pyridine rings is 1. The lowest BCUT2D eigenvalue weighted by atomic mass is 10.1. The fourth-order valence-corrected chi connectivity index (χ4v) is 2.99. The van der Waals surface area contributed by atoms with Crippen LogP contribution in [0.2, 0.25) is 0 Å². The van der Waals surface area contributed by atoms with Crippen LogP contribution in [0.15, 0.2) is 30.6 Å². The number of nitrogens with zero attached hydrogens (tertiary/aromatic N) is 5. The molecule has 3 rings (SSSR count). The minimum atomic E-state index is 0.0318. The number of ether oxygens (including phenoxy) is 1. The fourth-order valence-electron chi connectivity index (χ4n) is 2.99. The van der Waals surface area contributed by atoms with Crippen molar-refractivity contribution < 1.29 is 4.74 Å². The standard InChI is InChI=1S/C18H27N5O/c1-4-8-23-13-15(11-19-23)12-22-9-10-24-17(14-22)16-6-5-7-18(20-16)21(2)3/h5-7,11,13,17H,4,8-10,12,14H2,1-3H3. The highest BCUT2D eigenvalue weighted by Crippen LogP contribution is 2.23. The van der Waals surface area contributed by atoms with E-state index < -0.39 is 0 Å². The number of aromatic nitrogens is 3. The first-order chi connectivity index (χ1) is 11.7. The van der Waals surface area contributed by atoms with E-state index >= 15 is 0 Å². The second kappa shape index (κ2) is 7.77. The van der Waals surface area contributed by atoms with E-state index in [1.54, 1.807) is 0 Å². The van der Waals surface area contributed by atoms with Crippen molar-refractivity contribution in [3.63, 3.8) is 0 Å². The van der Waals surface area contributed by atoms with Gasteiger partial charge in [0.2, 0.25) is 0 Å². The summed E-state index contributed by atoms with van der Waals surface area (Å²) < 4.78 is 7.99. The van der Waals surface area contributed by atoms with Gasteiger partial charge in [0.15, 0.2) is 0 Å². The van der Waals surface area contributed by atoms with Crippen molar-refractivity contribution in [1.82, 2.24) is 19.7 Å². The average Bonchev–Trinajstić information content (AvgIpc) is 3.02. The van der Waals surface area contributed by atoms with E-state index in [0.717, 1.165) is 50.7 Å². The highest BCUT2D eigenvalue weighted by molar-refractivity contribution is 5.37. The molecule has 0 spiro atoms. The molecular weight excluding hydrogens is 302 g/mol. The van der Waals surface area contributed by atoms with Crippen molar-refractivity contribution in [2.24, 2.45) is 0 Å². The molecule has 2 aromatic heterocycles. The summed E-state index contributed by atoms with van der Waals surface area (Å²) in [6.45, 7) is 6.61. The molecule has 3 heterocycles. The van der Waals surface area contributed by atoms with Gasteiger partial charge < -0.3 is 9.64 Å². The zero-order chi connectivity index (χ0) is 16.9. The SMILES string of the molecule is CCCn1cc(CN2CCOC(c3cccc(N(C)C)n3)C2)cn1. The summed E-state index contributed by atoms with van der Waals surface area (Å²) in [4.78, 5) is 9.17. The molecule has 0 radical (unpaired) electrons. The molecule has 6 nitrogen and oxygen atoms in total. The van der Waals surface area contributed by atoms with Crippen LogP contribution in [0.5, 0.6) is 0 Å². The van der Waals surface area contributed by atoms with E-state index in [2.05, 4.69) is 35.3 Å². The molecular formula is C18H27N5O. The molecule has 0 N–H and O–H groups in total. The minimum Gasteiger partial charge on any atom is -0.369 e. The lowest BCUT2D eigenvalue weighted by Crippen LogP contribution is -2.38. The maximum atomic E-state index is 5.97. The number of hydrogen-bond donors (Lipinski definition) is 0. The lowest BCUT2D eigenvalue weighted by Gasteiger charge is -2.32. The first-order valence-corrected chi connectivity index (χ1v) is 8.65. The fraction of sp³-hybridized carbons (Fsp3) is 0.556. The van der Waals surface area contributed by atoms with Crippen LogP contribution in [0.25, 0.3) is 0 Å². The van der Waals surface area contributed by atoms with Gasteiger partial charge in [0.05, 0.1) is 18.5 Å². The number of aryl methyl sites for hydroxylation is 1. The molecule has 1 saturated heterocycles. The van der Waals surface area contributed by atoms with Gasteiger partial charge in [-0.2, -0.15) is 5.10 Å². The molecule has 0 amide bonds. The van der Waals surface area contributed by atoms with Crippen molar-refractivity contribution in [2.75, 3.05) is 38.7 Å². The Morgan fingerprint density at radius 2 is 2.21 bits per heavy atom. The van der Waals surface area contributed by atoms with E-state index in [0.29, 0.717) is 0 Å². The van der Waals surface area contributed by atoms with Gasteiger partial charge in [0.1, 0.15) is 11.9 Å². The van der Waals surface area contributed by atoms with Crippen molar-refractivity contribution in [1.29, 1.82) is 0 Å². The molecule has 0 aliphatic carbocycles. The average molecular weight is 329 g/mol. The molecule has 6 heteroatoms. The van der Waals surface area contributed by atoms with Gasteiger partial charge in [0, 0.05) is 52.0 Å². The van der Waals surface area contributed by atoms with E-state index in [-0.39, 0.29) is 6.10 Å². The zero-order valence-electron chi connectivity index (χ0n) is 14.9. The van der Waals surface area contributed by atoms with Gasteiger partial charge in [-0.05, 0) is 18.6 Å². The number of rotatable bonds is 6. The van der Waals surface area contributed by atoms with Gasteiger partial charge in [-0.15, -0.1) is 0 Å². The van der Waals surface area contributed by atoms with Crippen LogP contribution >= 0.6 is 0 Å². The van der Waals surface area contributed by atoms with Gasteiger partial charge in [-0.25, -0.2) is 4.98 Å². The van der Waals surface area contributed by atoms with Crippen LogP contribution in [0.4, 0.5) is 5.82 Å². The number of hydrogen-bond acceptors (Lipinski definition) is 5. The van der Waals surface area contributed by atoms with Crippen molar-refractivity contribution in [2.45, 2.75) is 32.5 Å². The Kier molecular flexibility index (Phi) is 5.48. The zero-order valence-corrected chi connectivity index (χ0v) is 14.9. The summed E-state index contributed by atoms with van der Waals surface area (Å²) >= 11 is 0. The van der Waals surface area contributed by atoms with Gasteiger partial charge in [0.25, 0.3) is 0 Å². The van der Waals surface area contributed by atoms with Crippen LogP contribution in [0.3, 0.4) is 0 Å². The summed E-state index contributed by atoms with van der Waals surface area (Å²) in [7, 11) is 4.02. The molecule has 1 fully saturated rings. The van der Waals surface area contributed by atoms with Crippen molar-refractivity contribution >= 4 is 5.82 Å². The number of anilines is 1. The Labute approximate surface area is 144 Å². The summed E-state index contributed by atoms with van der Waals surface area (Å²) in [5.41, 5.74) is 2.27. The minimum absolute atomic E-state index is 0.0318. The molecule has 0 aromatic carbocycles. The summed E-state index contributed by atoms with van der Waals surface area (Å²) in [6.07, 6.45) is 5.27. The van der Waals surface area contributed by atoms with E-state index in [4.69, 9.17) is 9.72 Å². The van der Waals surface area contributed by atoms with Gasteiger partial charge >= 0.3 is 0 Å². The van der Waals surface area contributed by atoms with Gasteiger partial charge in [-0.3, -0.25) is 9.58 Å². The van der Waals surface area contributed by atoms with E-state index in [1.807, 2.05) is 35.9 Å². The van der Waals surface area contributed by atoms with Crippen LogP contribution in [0, 0.1) is 0 Å². The summed E-state index contributed by atoms with van der Waals surface area (Å²) in [6, 6.07) is 6.13. The molecule has 1 aliphatic rings. The third-order valence-corrected chi connectivity index (χ3v) is 4.24. The second-order valence-electron chi connectivity index (χ2n) is 6.52. The van der Waals surface area contributed by atoms with Crippen LogP contribution in [0.1, 0.15) is 30.7 Å². The Balaban J connectivity index is 1.64. The highest BCUT2D eigenvalue weighted by Gasteiger charge is 2.23. The van der Waals surface area contributed by atoms with Crippen LogP contribution < -0.4 is 4.90 Å². The van der Waals surface area contributed by atoms with Gasteiger partial charge in [-0.1, -0.05) is 13.0 Å². The Hall–Kier alpha value is -1.92. The molecule has 2 aromatic rings. The third-order valence-electron chi connectivity index (χ3n) is 4.24. The smallest absolute Gasteiger partial charge is 0.128 e. The second-order valence-corrected chi connectivity index (χ2v) is 6.52. The number of morpholine rings is 1. The molecule has 1 unspecified atom stereocenters. The molecule has 24 heavy (non-hydrogen) atoms.